The number of piperidine rings is 1. The number of aldehydes is 1. The van der Waals surface area contributed by atoms with Gasteiger partial charge in [0.25, 0.3) is 0 Å². The van der Waals surface area contributed by atoms with Crippen molar-refractivity contribution in [2.75, 3.05) is 20.1 Å². The largest absolute Gasteiger partial charge is 0.358 e. The van der Waals surface area contributed by atoms with Gasteiger partial charge in [0, 0.05) is 12.6 Å². The molecule has 0 atom stereocenters. The van der Waals surface area contributed by atoms with Crippen molar-refractivity contribution in [2.24, 2.45) is 4.99 Å². The minimum absolute atomic E-state index is 0.442. The molecule has 4 nitrogen and oxygen atoms in total. The number of carbonyl (C=O) groups excluding carboxylic acids is 1. The summed E-state index contributed by atoms with van der Waals surface area (Å²) in [6.45, 7) is 1.60. The molecule has 0 aliphatic carbocycles. The van der Waals surface area contributed by atoms with Gasteiger partial charge in [-0.05, 0) is 38.1 Å². The van der Waals surface area contributed by atoms with Crippen molar-refractivity contribution in [2.45, 2.75) is 18.4 Å². The first-order chi connectivity index (χ1) is 9.62. The summed E-state index contributed by atoms with van der Waals surface area (Å²) in [6.07, 6.45) is 2.40. The Balaban J connectivity index is 2.29. The third-order valence-corrected chi connectivity index (χ3v) is 4.34. The molecule has 0 unspecified atom stereocenters. The molecule has 6 heteroatoms. The number of hydrogen-bond acceptors (Lipinski definition) is 3. The van der Waals surface area contributed by atoms with Crippen LogP contribution in [0.25, 0.3) is 0 Å². The lowest BCUT2D eigenvalue weighted by molar-refractivity contribution is -0.113. The van der Waals surface area contributed by atoms with E-state index in [0.29, 0.717) is 34.3 Å². The van der Waals surface area contributed by atoms with Crippen molar-refractivity contribution in [3.05, 3.63) is 33.8 Å². The molecule has 0 bridgehead atoms. The molecule has 0 radical (unpaired) electrons. The Morgan fingerprint density at radius 2 is 2.10 bits per heavy atom. The lowest BCUT2D eigenvalue weighted by Crippen LogP contribution is -2.55. The van der Waals surface area contributed by atoms with Crippen LogP contribution in [0.4, 0.5) is 0 Å². The maximum atomic E-state index is 11.5. The maximum absolute atomic E-state index is 11.5. The Morgan fingerprint density at radius 1 is 1.40 bits per heavy atom. The molecule has 1 heterocycles. The fourth-order valence-electron chi connectivity index (χ4n) is 2.31. The minimum Gasteiger partial charge on any atom is -0.358 e. The van der Waals surface area contributed by atoms with Crippen molar-refractivity contribution < 1.29 is 4.79 Å². The Hall–Kier alpha value is -1.10. The second-order valence-corrected chi connectivity index (χ2v) is 5.61. The molecule has 0 saturated carbocycles. The zero-order valence-electron chi connectivity index (χ0n) is 11.2. The van der Waals surface area contributed by atoms with Crippen LogP contribution in [0.1, 0.15) is 18.4 Å². The molecule has 1 aliphatic rings. The van der Waals surface area contributed by atoms with E-state index in [-0.39, 0.29) is 0 Å². The number of amidine groups is 1. The van der Waals surface area contributed by atoms with E-state index in [0.717, 1.165) is 19.4 Å². The molecule has 1 aromatic carbocycles. The van der Waals surface area contributed by atoms with E-state index < -0.39 is 5.54 Å². The van der Waals surface area contributed by atoms with Gasteiger partial charge in [-0.1, -0.05) is 29.3 Å². The highest BCUT2D eigenvalue weighted by atomic mass is 35.5. The van der Waals surface area contributed by atoms with Crippen molar-refractivity contribution in [3.8, 4) is 0 Å². The maximum Gasteiger partial charge on any atom is 0.145 e. The summed E-state index contributed by atoms with van der Waals surface area (Å²) >= 11 is 12.3. The number of halogens is 2. The van der Waals surface area contributed by atoms with Crippen LogP contribution in [-0.4, -0.2) is 37.8 Å². The van der Waals surface area contributed by atoms with Crippen LogP contribution >= 0.6 is 23.2 Å². The van der Waals surface area contributed by atoms with Crippen LogP contribution in [0, 0.1) is 0 Å². The number of carbonyl (C=O) groups is 1. The summed E-state index contributed by atoms with van der Waals surface area (Å²) in [5.41, 5.74) is 0.118. The summed E-state index contributed by atoms with van der Waals surface area (Å²) in [6, 6.07) is 5.37. The normalized spacial score (nSPS) is 18.6. The zero-order chi connectivity index (χ0) is 14.6. The highest BCUT2D eigenvalue weighted by Gasteiger charge is 2.33. The molecule has 0 spiro atoms. The van der Waals surface area contributed by atoms with Gasteiger partial charge in [-0.25, -0.2) is 0 Å². The third kappa shape index (κ3) is 3.14. The number of benzene rings is 1. The fraction of sp³-hybridized carbons (Fsp3) is 0.429. The fourth-order valence-corrected chi connectivity index (χ4v) is 2.70. The highest BCUT2D eigenvalue weighted by Crippen LogP contribution is 2.26. The van der Waals surface area contributed by atoms with E-state index in [2.05, 4.69) is 15.6 Å². The van der Waals surface area contributed by atoms with Gasteiger partial charge in [0.15, 0.2) is 0 Å². The molecule has 1 fully saturated rings. The Labute approximate surface area is 128 Å². The third-order valence-electron chi connectivity index (χ3n) is 3.52. The molecule has 20 heavy (non-hydrogen) atoms. The van der Waals surface area contributed by atoms with E-state index in [1.807, 2.05) is 12.1 Å². The van der Waals surface area contributed by atoms with Crippen LogP contribution in [0.15, 0.2) is 23.2 Å². The Kier molecular flexibility index (Phi) is 5.02. The Morgan fingerprint density at radius 3 is 2.70 bits per heavy atom. The molecule has 1 saturated heterocycles. The molecule has 2 rings (SSSR count). The number of aliphatic imine (C=N–C) groups is 1. The predicted octanol–water partition coefficient (Wildman–Crippen LogP) is 2.28. The first-order valence-electron chi connectivity index (χ1n) is 6.48. The van der Waals surface area contributed by atoms with Crippen molar-refractivity contribution in [1.29, 1.82) is 0 Å². The van der Waals surface area contributed by atoms with Crippen LogP contribution in [0.5, 0.6) is 0 Å². The van der Waals surface area contributed by atoms with Gasteiger partial charge in [-0.2, -0.15) is 0 Å². The first-order valence-corrected chi connectivity index (χ1v) is 7.24. The summed E-state index contributed by atoms with van der Waals surface area (Å²) < 4.78 is 0. The van der Waals surface area contributed by atoms with E-state index in [9.17, 15) is 4.79 Å². The van der Waals surface area contributed by atoms with E-state index in [1.54, 1.807) is 13.1 Å². The summed E-state index contributed by atoms with van der Waals surface area (Å²) in [4.78, 5) is 15.7. The highest BCUT2D eigenvalue weighted by molar-refractivity contribution is 6.44. The molecular weight excluding hydrogens is 297 g/mol. The van der Waals surface area contributed by atoms with E-state index in [1.165, 1.54) is 0 Å². The molecule has 1 aliphatic heterocycles. The molecule has 2 N–H and O–H groups in total. The summed E-state index contributed by atoms with van der Waals surface area (Å²) in [5.74, 6) is 0.589. The standard InChI is InChI=1S/C14H17Cl2N3O/c1-17-13(10-3-2-4-11(15)12(10)16)19-14(9-20)5-7-18-8-6-14/h2-4,9,18H,5-8H2,1H3,(H,17,19). The van der Waals surface area contributed by atoms with Gasteiger partial charge in [0.1, 0.15) is 12.1 Å². The average Bonchev–Trinajstić information content (AvgIpc) is 2.49. The lowest BCUT2D eigenvalue weighted by Gasteiger charge is -2.34. The smallest absolute Gasteiger partial charge is 0.145 e. The average molecular weight is 314 g/mol. The topological polar surface area (TPSA) is 53.5 Å². The molecule has 1 aromatic rings. The van der Waals surface area contributed by atoms with E-state index in [4.69, 9.17) is 23.2 Å². The molecular formula is C14H17Cl2N3O. The number of hydrogen-bond donors (Lipinski definition) is 2. The SMILES string of the molecule is CN=C(NC1(C=O)CCNCC1)c1cccc(Cl)c1Cl. The predicted molar refractivity (Wildman–Crippen MR) is 83.0 cm³/mol. The van der Waals surface area contributed by atoms with Crippen LogP contribution in [-0.2, 0) is 4.79 Å². The second-order valence-electron chi connectivity index (χ2n) is 4.82. The van der Waals surface area contributed by atoms with Crippen molar-refractivity contribution in [1.82, 2.24) is 10.6 Å². The van der Waals surface area contributed by atoms with Gasteiger partial charge in [0.05, 0.1) is 15.6 Å². The number of nitrogens with one attached hydrogen (secondary N) is 2. The Bertz CT molecular complexity index is 525. The molecule has 108 valence electrons. The van der Waals surface area contributed by atoms with Gasteiger partial charge < -0.3 is 15.4 Å². The van der Waals surface area contributed by atoms with Crippen LogP contribution in [0.3, 0.4) is 0 Å². The first kappa shape index (κ1) is 15.3. The monoisotopic (exact) mass is 313 g/mol. The van der Waals surface area contributed by atoms with Crippen molar-refractivity contribution >= 4 is 35.3 Å². The van der Waals surface area contributed by atoms with Crippen LogP contribution in [0.2, 0.25) is 10.0 Å². The molecule has 0 amide bonds. The quantitative estimate of drug-likeness (QED) is 0.511. The number of rotatable bonds is 3. The zero-order valence-corrected chi connectivity index (χ0v) is 12.8. The van der Waals surface area contributed by atoms with Gasteiger partial charge in [0.2, 0.25) is 0 Å². The van der Waals surface area contributed by atoms with Crippen LogP contribution < -0.4 is 10.6 Å². The van der Waals surface area contributed by atoms with E-state index >= 15 is 0 Å². The minimum atomic E-state index is -0.592. The van der Waals surface area contributed by atoms with Gasteiger partial charge in [-0.3, -0.25) is 4.99 Å². The summed E-state index contributed by atoms with van der Waals surface area (Å²) in [7, 11) is 1.67. The molecule has 0 aromatic heterocycles. The second kappa shape index (κ2) is 6.57. The van der Waals surface area contributed by atoms with Gasteiger partial charge in [-0.15, -0.1) is 0 Å². The number of nitrogens with zero attached hydrogens (tertiary/aromatic N) is 1. The van der Waals surface area contributed by atoms with Crippen molar-refractivity contribution in [3.63, 3.8) is 0 Å². The van der Waals surface area contributed by atoms with Gasteiger partial charge >= 0.3 is 0 Å². The summed E-state index contributed by atoms with van der Waals surface area (Å²) in [5, 5.41) is 7.40. The lowest BCUT2D eigenvalue weighted by atomic mass is 9.89.